The van der Waals surface area contributed by atoms with Crippen molar-refractivity contribution in [3.8, 4) is 17.2 Å². The quantitative estimate of drug-likeness (QED) is 0.169. The molecule has 0 unspecified atom stereocenters. The molecule has 0 bridgehead atoms. The van der Waals surface area contributed by atoms with Crippen molar-refractivity contribution in [2.75, 3.05) is 5.32 Å². The van der Waals surface area contributed by atoms with Gasteiger partial charge in [0.05, 0.1) is 17.4 Å². The predicted octanol–water partition coefficient (Wildman–Crippen LogP) is 6.98. The Bertz CT molecular complexity index is 1610. The molecule has 1 aliphatic rings. The van der Waals surface area contributed by atoms with Crippen LogP contribution in [-0.2, 0) is 0 Å². The molecule has 4 aromatic carbocycles. The highest BCUT2D eigenvalue weighted by Crippen LogP contribution is 2.30. The Hall–Kier alpha value is -5.05. The topological polar surface area (TPSA) is 126 Å². The average Bonchev–Trinajstić information content (AvgIpc) is 2.98. The lowest BCUT2D eigenvalue weighted by molar-refractivity contribution is 0.0698. The van der Waals surface area contributed by atoms with Gasteiger partial charge in [-0.1, -0.05) is 24.3 Å². The van der Waals surface area contributed by atoms with Crippen LogP contribution in [0, 0.1) is 0 Å². The number of carboxylic acid groups (broad SMARTS) is 1. The number of benzene rings is 4. The number of carboxylic acids is 1. The summed E-state index contributed by atoms with van der Waals surface area (Å²) < 4.78 is 12.3. The van der Waals surface area contributed by atoms with E-state index in [1.807, 2.05) is 50.2 Å². The van der Waals surface area contributed by atoms with Gasteiger partial charge in [0.15, 0.2) is 0 Å². The van der Waals surface area contributed by atoms with Gasteiger partial charge >= 0.3 is 12.0 Å². The van der Waals surface area contributed by atoms with Gasteiger partial charge in [0.25, 0.3) is 5.91 Å². The van der Waals surface area contributed by atoms with Gasteiger partial charge in [0, 0.05) is 17.6 Å². The van der Waals surface area contributed by atoms with Crippen LogP contribution in [-0.4, -0.2) is 41.2 Å². The predicted molar refractivity (Wildman–Crippen MR) is 165 cm³/mol. The van der Waals surface area contributed by atoms with Crippen molar-refractivity contribution < 1.29 is 29.0 Å². The highest BCUT2D eigenvalue weighted by atomic mass is 16.5. The number of carbonyl (C=O) groups excluding carboxylic acids is 2. The lowest BCUT2D eigenvalue weighted by Crippen LogP contribution is -2.46. The molecule has 0 radical (unpaired) electrons. The SMILES string of the molecule is CC(C)NC(=O)NC1CCC(Oc2ccc3cc(Oc4ccc(C(=O)Nc5ccccc5C(=O)O)cc4)ccc3c2)CC1. The third-order valence-electron chi connectivity index (χ3n) is 7.27. The van der Waals surface area contributed by atoms with Crippen molar-refractivity contribution >= 4 is 34.4 Å². The van der Waals surface area contributed by atoms with Gasteiger partial charge in [0.1, 0.15) is 17.2 Å². The maximum atomic E-state index is 12.7. The van der Waals surface area contributed by atoms with Crippen molar-refractivity contribution in [3.63, 3.8) is 0 Å². The monoisotopic (exact) mass is 581 g/mol. The van der Waals surface area contributed by atoms with E-state index in [0.717, 1.165) is 42.2 Å². The van der Waals surface area contributed by atoms with E-state index in [4.69, 9.17) is 9.47 Å². The molecule has 9 nitrogen and oxygen atoms in total. The number of para-hydroxylation sites is 1. The number of anilines is 1. The Labute approximate surface area is 250 Å². The van der Waals surface area contributed by atoms with Crippen LogP contribution in [0.2, 0.25) is 0 Å². The number of carbonyl (C=O) groups is 3. The third-order valence-corrected chi connectivity index (χ3v) is 7.27. The first-order chi connectivity index (χ1) is 20.7. The Kier molecular flexibility index (Phi) is 9.10. The van der Waals surface area contributed by atoms with E-state index in [1.54, 1.807) is 42.5 Å². The molecule has 0 spiro atoms. The van der Waals surface area contributed by atoms with Crippen molar-refractivity contribution in [2.45, 2.75) is 57.7 Å². The summed E-state index contributed by atoms with van der Waals surface area (Å²) in [5, 5.41) is 19.9. The Morgan fingerprint density at radius 2 is 1.42 bits per heavy atom. The zero-order valence-electron chi connectivity index (χ0n) is 24.1. The smallest absolute Gasteiger partial charge is 0.337 e. The maximum Gasteiger partial charge on any atom is 0.337 e. The summed E-state index contributed by atoms with van der Waals surface area (Å²) >= 11 is 0. The molecule has 0 heterocycles. The van der Waals surface area contributed by atoms with E-state index >= 15 is 0 Å². The third kappa shape index (κ3) is 7.82. The number of ether oxygens (including phenoxy) is 2. The van der Waals surface area contributed by atoms with Crippen LogP contribution in [0.4, 0.5) is 10.5 Å². The summed E-state index contributed by atoms with van der Waals surface area (Å²) in [6.07, 6.45) is 3.65. The number of amides is 3. The molecular weight excluding hydrogens is 546 g/mol. The highest BCUT2D eigenvalue weighted by Gasteiger charge is 2.24. The molecule has 9 heteroatoms. The Morgan fingerprint density at radius 1 is 0.791 bits per heavy atom. The van der Waals surface area contributed by atoms with Crippen molar-refractivity contribution in [2.24, 2.45) is 0 Å². The summed E-state index contributed by atoms with van der Waals surface area (Å²) in [6.45, 7) is 3.89. The zero-order chi connectivity index (χ0) is 30.3. The van der Waals surface area contributed by atoms with E-state index in [9.17, 15) is 19.5 Å². The first-order valence-electron chi connectivity index (χ1n) is 14.4. The highest BCUT2D eigenvalue weighted by molar-refractivity contribution is 6.07. The van der Waals surface area contributed by atoms with Crippen LogP contribution >= 0.6 is 0 Å². The number of fused-ring (bicyclic) bond motifs is 1. The molecular formula is C34H35N3O6. The summed E-state index contributed by atoms with van der Waals surface area (Å²) in [7, 11) is 0. The molecule has 1 saturated carbocycles. The molecule has 1 fully saturated rings. The van der Waals surface area contributed by atoms with E-state index in [1.165, 1.54) is 6.07 Å². The minimum atomic E-state index is -1.11. The lowest BCUT2D eigenvalue weighted by Gasteiger charge is -2.29. The molecule has 0 saturated heterocycles. The normalized spacial score (nSPS) is 16.3. The second kappa shape index (κ2) is 13.3. The fourth-order valence-electron chi connectivity index (χ4n) is 5.13. The first kappa shape index (κ1) is 29.4. The summed E-state index contributed by atoms with van der Waals surface area (Å²) in [5.74, 6) is 0.506. The molecule has 0 aliphatic heterocycles. The van der Waals surface area contributed by atoms with Gasteiger partial charge in [-0.2, -0.15) is 0 Å². The molecule has 3 amide bonds. The molecule has 4 aromatic rings. The number of hydrogen-bond acceptors (Lipinski definition) is 5. The van der Waals surface area contributed by atoms with Crippen LogP contribution in [0.25, 0.3) is 10.8 Å². The molecule has 43 heavy (non-hydrogen) atoms. The first-order valence-corrected chi connectivity index (χ1v) is 14.4. The van der Waals surface area contributed by atoms with Crippen LogP contribution in [0.5, 0.6) is 17.2 Å². The van der Waals surface area contributed by atoms with E-state index in [-0.39, 0.29) is 35.5 Å². The molecule has 1 aliphatic carbocycles. The van der Waals surface area contributed by atoms with Crippen molar-refractivity contribution in [1.29, 1.82) is 0 Å². The summed E-state index contributed by atoms with van der Waals surface area (Å²) in [4.78, 5) is 36.1. The van der Waals surface area contributed by atoms with E-state index in [0.29, 0.717) is 17.1 Å². The van der Waals surface area contributed by atoms with Crippen LogP contribution in [0.15, 0.2) is 84.9 Å². The average molecular weight is 582 g/mol. The van der Waals surface area contributed by atoms with Gasteiger partial charge in [-0.15, -0.1) is 0 Å². The minimum absolute atomic E-state index is 0.0232. The summed E-state index contributed by atoms with van der Waals surface area (Å²) in [5.41, 5.74) is 0.632. The van der Waals surface area contributed by atoms with Gasteiger partial charge in [-0.3, -0.25) is 4.79 Å². The molecule has 4 N–H and O–H groups in total. The van der Waals surface area contributed by atoms with Gasteiger partial charge in [-0.05, 0) is 111 Å². The number of urea groups is 1. The van der Waals surface area contributed by atoms with E-state index in [2.05, 4.69) is 16.0 Å². The zero-order valence-corrected chi connectivity index (χ0v) is 24.1. The number of rotatable bonds is 9. The number of aromatic carboxylic acids is 1. The number of hydrogen-bond donors (Lipinski definition) is 4. The largest absolute Gasteiger partial charge is 0.490 e. The van der Waals surface area contributed by atoms with Crippen LogP contribution in [0.3, 0.4) is 0 Å². The molecule has 0 atom stereocenters. The molecule has 5 rings (SSSR count). The minimum Gasteiger partial charge on any atom is -0.490 e. The van der Waals surface area contributed by atoms with Gasteiger partial charge < -0.3 is 30.5 Å². The van der Waals surface area contributed by atoms with Crippen molar-refractivity contribution in [1.82, 2.24) is 10.6 Å². The van der Waals surface area contributed by atoms with Crippen LogP contribution in [0.1, 0.15) is 60.2 Å². The maximum absolute atomic E-state index is 12.7. The summed E-state index contributed by atoms with van der Waals surface area (Å²) in [6, 6.07) is 24.9. The molecule has 222 valence electrons. The number of nitrogens with one attached hydrogen (secondary N) is 3. The van der Waals surface area contributed by atoms with Crippen molar-refractivity contribution in [3.05, 3.63) is 96.1 Å². The Balaban J connectivity index is 1.15. The van der Waals surface area contributed by atoms with Gasteiger partial charge in [0.2, 0.25) is 0 Å². The fourth-order valence-corrected chi connectivity index (χ4v) is 5.13. The second-order valence-electron chi connectivity index (χ2n) is 11.0. The van der Waals surface area contributed by atoms with E-state index < -0.39 is 11.9 Å². The Morgan fingerprint density at radius 3 is 2.09 bits per heavy atom. The fraction of sp³-hybridized carbons (Fsp3) is 0.265. The standard InChI is InChI=1S/C34H35N3O6/c1-21(2)35-34(41)36-25-11-17-27(18-12-25)43-29-16-10-23-19-28(15-9-24(23)20-29)42-26-13-7-22(8-14-26)32(38)37-31-6-4-3-5-30(31)33(39)40/h3-10,13-16,19-21,25,27H,11-12,17-18H2,1-2H3,(H,37,38)(H,39,40)(H2,35,36,41). The lowest BCUT2D eigenvalue weighted by atomic mass is 9.93. The van der Waals surface area contributed by atoms with Crippen LogP contribution < -0.4 is 25.4 Å². The molecule has 0 aromatic heterocycles. The second-order valence-corrected chi connectivity index (χ2v) is 11.0. The van der Waals surface area contributed by atoms with Gasteiger partial charge in [-0.25, -0.2) is 9.59 Å².